The highest BCUT2D eigenvalue weighted by Crippen LogP contribution is 2.21. The second kappa shape index (κ2) is 8.61. The summed E-state index contributed by atoms with van der Waals surface area (Å²) >= 11 is 0. The first-order chi connectivity index (χ1) is 12.2. The molecule has 0 aromatic heterocycles. The normalized spacial score (nSPS) is 21.2. The topological polar surface area (TPSA) is 102 Å². The molecule has 9 heteroatoms. The van der Waals surface area contributed by atoms with E-state index < -0.39 is 16.0 Å². The van der Waals surface area contributed by atoms with Gasteiger partial charge in [-0.05, 0) is 38.1 Å². The van der Waals surface area contributed by atoms with E-state index in [1.807, 2.05) is 13.8 Å². The minimum Gasteiger partial charge on any atom is -0.469 e. The number of amides is 1. The van der Waals surface area contributed by atoms with Gasteiger partial charge in [-0.2, -0.15) is 4.31 Å². The number of morpholine rings is 1. The Kier molecular flexibility index (Phi) is 6.74. The molecule has 1 N–H and O–H groups in total. The van der Waals surface area contributed by atoms with Crippen LogP contribution in [0.25, 0.3) is 0 Å². The molecular weight excluding hydrogens is 360 g/mol. The summed E-state index contributed by atoms with van der Waals surface area (Å²) in [5.74, 6) is -0.799. The Labute approximate surface area is 153 Å². The summed E-state index contributed by atoms with van der Waals surface area (Å²) in [5.41, 5.74) is 0.317. The van der Waals surface area contributed by atoms with Gasteiger partial charge >= 0.3 is 5.97 Å². The SMILES string of the molecule is COC(=O)CCNC(=O)c1ccc(S(=O)(=O)N2C[C@@H](C)O[C@H](C)C2)cc1. The lowest BCUT2D eigenvalue weighted by atomic mass is 10.2. The minimum absolute atomic E-state index is 0.0715. The van der Waals surface area contributed by atoms with Crippen LogP contribution in [0.15, 0.2) is 29.2 Å². The Morgan fingerprint density at radius 3 is 2.31 bits per heavy atom. The number of rotatable bonds is 6. The number of hydrogen-bond donors (Lipinski definition) is 1. The van der Waals surface area contributed by atoms with E-state index in [-0.39, 0.29) is 36.0 Å². The van der Waals surface area contributed by atoms with Gasteiger partial charge in [0.2, 0.25) is 10.0 Å². The van der Waals surface area contributed by atoms with Gasteiger partial charge in [0, 0.05) is 25.2 Å². The van der Waals surface area contributed by atoms with Crippen LogP contribution in [-0.4, -0.2) is 63.6 Å². The van der Waals surface area contributed by atoms with Crippen LogP contribution in [0, 0.1) is 0 Å². The number of nitrogens with one attached hydrogen (secondary N) is 1. The number of hydrogen-bond acceptors (Lipinski definition) is 6. The summed E-state index contributed by atoms with van der Waals surface area (Å²) in [5, 5.41) is 2.58. The lowest BCUT2D eigenvalue weighted by molar-refractivity contribution is -0.140. The monoisotopic (exact) mass is 384 g/mol. The Bertz CT molecular complexity index is 737. The van der Waals surface area contributed by atoms with Gasteiger partial charge in [0.1, 0.15) is 0 Å². The van der Waals surface area contributed by atoms with Crippen molar-refractivity contribution >= 4 is 21.9 Å². The van der Waals surface area contributed by atoms with Crippen molar-refractivity contribution in [1.82, 2.24) is 9.62 Å². The molecule has 8 nitrogen and oxygen atoms in total. The average molecular weight is 384 g/mol. The second-order valence-corrected chi connectivity index (χ2v) is 8.12. The lowest BCUT2D eigenvalue weighted by Crippen LogP contribution is -2.48. The number of carbonyl (C=O) groups is 2. The fraction of sp³-hybridized carbons (Fsp3) is 0.529. The van der Waals surface area contributed by atoms with Crippen LogP contribution in [0.5, 0.6) is 0 Å². The molecule has 1 heterocycles. The minimum atomic E-state index is -3.64. The number of sulfonamides is 1. The second-order valence-electron chi connectivity index (χ2n) is 6.19. The van der Waals surface area contributed by atoms with Crippen molar-refractivity contribution in [2.45, 2.75) is 37.4 Å². The molecule has 1 fully saturated rings. The number of ether oxygens (including phenoxy) is 2. The quantitative estimate of drug-likeness (QED) is 0.727. The number of carbonyl (C=O) groups excluding carboxylic acids is 2. The third kappa shape index (κ3) is 5.03. The van der Waals surface area contributed by atoms with Crippen molar-refractivity contribution in [3.63, 3.8) is 0 Å². The van der Waals surface area contributed by atoms with Gasteiger partial charge in [-0.1, -0.05) is 0 Å². The summed E-state index contributed by atoms with van der Waals surface area (Å²) in [4.78, 5) is 23.2. The van der Waals surface area contributed by atoms with Crippen LogP contribution in [0.1, 0.15) is 30.6 Å². The maximum absolute atomic E-state index is 12.8. The maximum atomic E-state index is 12.8. The number of nitrogens with zero attached hydrogens (tertiary/aromatic N) is 1. The third-order valence-electron chi connectivity index (χ3n) is 3.98. The van der Waals surface area contributed by atoms with Crippen LogP contribution < -0.4 is 5.32 Å². The van der Waals surface area contributed by atoms with Gasteiger partial charge in [-0.3, -0.25) is 9.59 Å². The van der Waals surface area contributed by atoms with Crippen LogP contribution in [0.2, 0.25) is 0 Å². The molecule has 0 radical (unpaired) electrons. The molecule has 26 heavy (non-hydrogen) atoms. The van der Waals surface area contributed by atoms with Crippen molar-refractivity contribution in [3.05, 3.63) is 29.8 Å². The molecule has 1 aliphatic heterocycles. The van der Waals surface area contributed by atoms with Crippen LogP contribution in [0.3, 0.4) is 0 Å². The highest BCUT2D eigenvalue weighted by atomic mass is 32.2. The highest BCUT2D eigenvalue weighted by molar-refractivity contribution is 7.89. The highest BCUT2D eigenvalue weighted by Gasteiger charge is 2.32. The molecular formula is C17H24N2O6S. The summed E-state index contributed by atoms with van der Waals surface area (Å²) < 4.78 is 37.0. The zero-order valence-corrected chi connectivity index (χ0v) is 15.9. The van der Waals surface area contributed by atoms with E-state index in [9.17, 15) is 18.0 Å². The molecule has 144 valence electrons. The van der Waals surface area contributed by atoms with E-state index in [4.69, 9.17) is 4.74 Å². The molecule has 1 aromatic rings. The molecule has 0 unspecified atom stereocenters. The predicted molar refractivity (Wildman–Crippen MR) is 94.2 cm³/mol. The molecule has 0 bridgehead atoms. The van der Waals surface area contributed by atoms with E-state index in [2.05, 4.69) is 10.1 Å². The van der Waals surface area contributed by atoms with Crippen LogP contribution >= 0.6 is 0 Å². The first kappa shape index (κ1) is 20.3. The van der Waals surface area contributed by atoms with Crippen molar-refractivity contribution in [3.8, 4) is 0 Å². The van der Waals surface area contributed by atoms with Gasteiger partial charge in [0.05, 0.1) is 30.6 Å². The Balaban J connectivity index is 2.03. The summed E-state index contributed by atoms with van der Waals surface area (Å²) in [6.45, 7) is 4.40. The van der Waals surface area contributed by atoms with Crippen LogP contribution in [0.4, 0.5) is 0 Å². The summed E-state index contributed by atoms with van der Waals surface area (Å²) in [6, 6.07) is 5.73. The van der Waals surface area contributed by atoms with Crippen molar-refractivity contribution in [2.24, 2.45) is 0 Å². The summed E-state index contributed by atoms with van der Waals surface area (Å²) in [6.07, 6.45) is -0.274. The van der Waals surface area contributed by atoms with E-state index in [1.54, 1.807) is 0 Å². The summed E-state index contributed by atoms with van der Waals surface area (Å²) in [7, 11) is -2.36. The number of benzene rings is 1. The maximum Gasteiger partial charge on any atom is 0.307 e. The van der Waals surface area contributed by atoms with Crippen LogP contribution in [-0.2, 0) is 24.3 Å². The number of esters is 1. The molecule has 0 saturated carbocycles. The molecule has 1 aliphatic rings. The van der Waals surface area contributed by atoms with E-state index in [0.29, 0.717) is 18.7 Å². The Morgan fingerprint density at radius 1 is 1.19 bits per heavy atom. The van der Waals surface area contributed by atoms with Gasteiger partial charge in [-0.15, -0.1) is 0 Å². The fourth-order valence-corrected chi connectivity index (χ4v) is 4.33. The molecule has 2 atom stereocenters. The molecule has 0 aliphatic carbocycles. The van der Waals surface area contributed by atoms with Crippen molar-refractivity contribution in [1.29, 1.82) is 0 Å². The fourth-order valence-electron chi connectivity index (χ4n) is 2.74. The van der Waals surface area contributed by atoms with Crippen molar-refractivity contribution in [2.75, 3.05) is 26.7 Å². The van der Waals surface area contributed by atoms with Gasteiger partial charge in [0.25, 0.3) is 5.91 Å². The molecule has 2 rings (SSSR count). The van der Waals surface area contributed by atoms with E-state index >= 15 is 0 Å². The Morgan fingerprint density at radius 2 is 1.77 bits per heavy atom. The molecule has 1 amide bonds. The first-order valence-corrected chi connectivity index (χ1v) is 9.78. The van der Waals surface area contributed by atoms with Gasteiger partial charge in [0.15, 0.2) is 0 Å². The first-order valence-electron chi connectivity index (χ1n) is 8.34. The smallest absolute Gasteiger partial charge is 0.307 e. The van der Waals surface area contributed by atoms with E-state index in [1.165, 1.54) is 35.7 Å². The van der Waals surface area contributed by atoms with Crippen molar-refractivity contribution < 1.29 is 27.5 Å². The predicted octanol–water partition coefficient (Wildman–Crippen LogP) is 0.777. The average Bonchev–Trinajstić information content (AvgIpc) is 2.60. The zero-order valence-electron chi connectivity index (χ0n) is 15.1. The standard InChI is InChI=1S/C17H24N2O6S/c1-12-10-19(11-13(2)25-12)26(22,23)15-6-4-14(5-7-15)17(21)18-9-8-16(20)24-3/h4-7,12-13H,8-11H2,1-3H3,(H,18,21)/t12-,13-/m1/s1. The molecule has 1 saturated heterocycles. The van der Waals surface area contributed by atoms with E-state index in [0.717, 1.165) is 0 Å². The molecule has 0 spiro atoms. The lowest BCUT2D eigenvalue weighted by Gasteiger charge is -2.34. The third-order valence-corrected chi connectivity index (χ3v) is 5.83. The van der Waals surface area contributed by atoms with Gasteiger partial charge in [-0.25, -0.2) is 8.42 Å². The Hall–Kier alpha value is -1.97. The molecule has 1 aromatic carbocycles. The zero-order chi connectivity index (χ0) is 19.3. The largest absolute Gasteiger partial charge is 0.469 e. The number of methoxy groups -OCH3 is 1. The van der Waals surface area contributed by atoms with Gasteiger partial charge < -0.3 is 14.8 Å².